The van der Waals surface area contributed by atoms with Gasteiger partial charge >= 0.3 is 0 Å². The highest BCUT2D eigenvalue weighted by Crippen LogP contribution is 2.09. The number of carbonyl (C=O) groups is 1. The van der Waals surface area contributed by atoms with Gasteiger partial charge in [-0.15, -0.1) is 0 Å². The van der Waals surface area contributed by atoms with Crippen molar-refractivity contribution in [3.63, 3.8) is 0 Å². The first-order valence-corrected chi connectivity index (χ1v) is 4.93. The number of aromatic nitrogens is 2. The lowest BCUT2D eigenvalue weighted by Crippen LogP contribution is -1.93. The number of hydrogen-bond donors (Lipinski definition) is 0. The Morgan fingerprint density at radius 3 is 2.94 bits per heavy atom. The highest BCUT2D eigenvalue weighted by atomic mass is 16.3. The van der Waals surface area contributed by atoms with Crippen LogP contribution in [0.5, 0.6) is 0 Å². The molecule has 82 valence electrons. The van der Waals surface area contributed by atoms with E-state index in [0.29, 0.717) is 5.76 Å². The van der Waals surface area contributed by atoms with Crippen LogP contribution in [0.1, 0.15) is 21.8 Å². The number of allylic oxidation sites excluding steroid dienone is 1. The summed E-state index contributed by atoms with van der Waals surface area (Å²) in [6.45, 7) is 1.95. The fraction of sp³-hybridized carbons (Fsp3) is 0.167. The van der Waals surface area contributed by atoms with Gasteiger partial charge in [-0.1, -0.05) is 0 Å². The fourth-order valence-electron chi connectivity index (χ4n) is 1.35. The number of furan rings is 1. The minimum absolute atomic E-state index is 0.145. The minimum Gasteiger partial charge on any atom is -0.461 e. The quantitative estimate of drug-likeness (QED) is 0.583. The standard InChI is InChI=1S/C12H12N2O2/c1-9-10(8-13-14(9)2)5-6-11(15)12-4-3-7-16-12/h3-8H,1-2H3/b6-5+. The van der Waals surface area contributed by atoms with Gasteiger partial charge < -0.3 is 4.42 Å². The van der Waals surface area contributed by atoms with Crippen LogP contribution in [0, 0.1) is 6.92 Å². The maximum Gasteiger partial charge on any atom is 0.221 e. The predicted molar refractivity (Wildman–Crippen MR) is 60.0 cm³/mol. The number of rotatable bonds is 3. The summed E-state index contributed by atoms with van der Waals surface area (Å²) in [5.41, 5.74) is 1.95. The van der Waals surface area contributed by atoms with E-state index in [1.54, 1.807) is 29.1 Å². The third-order valence-corrected chi connectivity index (χ3v) is 2.45. The van der Waals surface area contributed by atoms with Crippen molar-refractivity contribution >= 4 is 11.9 Å². The van der Waals surface area contributed by atoms with Crippen LogP contribution in [0.4, 0.5) is 0 Å². The van der Waals surface area contributed by atoms with Gasteiger partial charge in [0.15, 0.2) is 5.76 Å². The number of ketones is 1. The molecule has 0 bridgehead atoms. The first-order chi connectivity index (χ1) is 7.68. The van der Waals surface area contributed by atoms with Crippen molar-refractivity contribution in [3.8, 4) is 0 Å². The van der Waals surface area contributed by atoms with Crippen LogP contribution in [-0.4, -0.2) is 15.6 Å². The van der Waals surface area contributed by atoms with Gasteiger partial charge in [-0.25, -0.2) is 0 Å². The largest absolute Gasteiger partial charge is 0.461 e. The molecule has 2 heterocycles. The average molecular weight is 216 g/mol. The van der Waals surface area contributed by atoms with E-state index in [-0.39, 0.29) is 5.78 Å². The lowest BCUT2D eigenvalue weighted by atomic mass is 10.2. The summed E-state index contributed by atoms with van der Waals surface area (Å²) in [7, 11) is 1.86. The molecule has 0 spiro atoms. The van der Waals surface area contributed by atoms with Crippen molar-refractivity contribution in [1.29, 1.82) is 0 Å². The lowest BCUT2D eigenvalue weighted by Gasteiger charge is -1.93. The van der Waals surface area contributed by atoms with E-state index >= 15 is 0 Å². The first-order valence-electron chi connectivity index (χ1n) is 4.93. The molecule has 16 heavy (non-hydrogen) atoms. The second-order valence-electron chi connectivity index (χ2n) is 3.48. The topological polar surface area (TPSA) is 48.0 Å². The van der Waals surface area contributed by atoms with Gasteiger partial charge in [-0.2, -0.15) is 5.10 Å². The van der Waals surface area contributed by atoms with Gasteiger partial charge in [0.25, 0.3) is 0 Å². The van der Waals surface area contributed by atoms with Crippen LogP contribution in [-0.2, 0) is 7.05 Å². The number of hydrogen-bond acceptors (Lipinski definition) is 3. The van der Waals surface area contributed by atoms with E-state index in [4.69, 9.17) is 4.42 Å². The lowest BCUT2D eigenvalue weighted by molar-refractivity contribution is 0.102. The molecule has 4 nitrogen and oxygen atoms in total. The Labute approximate surface area is 93.2 Å². The summed E-state index contributed by atoms with van der Waals surface area (Å²) in [5.74, 6) is 0.200. The Kier molecular flexibility index (Phi) is 2.72. The van der Waals surface area contributed by atoms with Gasteiger partial charge in [0, 0.05) is 18.3 Å². The zero-order chi connectivity index (χ0) is 11.5. The molecule has 2 rings (SSSR count). The highest BCUT2D eigenvalue weighted by Gasteiger charge is 2.05. The molecule has 2 aromatic rings. The Morgan fingerprint density at radius 1 is 1.56 bits per heavy atom. The summed E-state index contributed by atoms with van der Waals surface area (Å²) in [5, 5.41) is 4.09. The normalized spacial score (nSPS) is 11.1. The van der Waals surface area contributed by atoms with Gasteiger partial charge in [0.1, 0.15) is 0 Å². The molecular weight excluding hydrogens is 204 g/mol. The molecule has 0 aliphatic heterocycles. The molecule has 2 aromatic heterocycles. The van der Waals surface area contributed by atoms with Crippen molar-refractivity contribution in [2.75, 3.05) is 0 Å². The number of aryl methyl sites for hydroxylation is 1. The molecule has 0 aromatic carbocycles. The van der Waals surface area contributed by atoms with Gasteiger partial charge in [-0.05, 0) is 31.2 Å². The molecule has 0 radical (unpaired) electrons. The van der Waals surface area contributed by atoms with Crippen LogP contribution in [0.25, 0.3) is 6.08 Å². The van der Waals surface area contributed by atoms with Crippen LogP contribution in [0.3, 0.4) is 0 Å². The second kappa shape index (κ2) is 4.18. The SMILES string of the molecule is Cc1c(/C=C/C(=O)c2ccco2)cnn1C. The smallest absolute Gasteiger partial charge is 0.221 e. The van der Waals surface area contributed by atoms with Gasteiger partial charge in [0.05, 0.1) is 12.5 Å². The van der Waals surface area contributed by atoms with Crippen molar-refractivity contribution in [2.45, 2.75) is 6.92 Å². The van der Waals surface area contributed by atoms with Gasteiger partial charge in [0.2, 0.25) is 5.78 Å². The van der Waals surface area contributed by atoms with E-state index in [1.165, 1.54) is 12.3 Å². The van der Waals surface area contributed by atoms with Crippen LogP contribution >= 0.6 is 0 Å². The molecule has 0 fully saturated rings. The van der Waals surface area contributed by atoms with E-state index < -0.39 is 0 Å². The molecule has 0 saturated heterocycles. The van der Waals surface area contributed by atoms with Crippen molar-refractivity contribution in [1.82, 2.24) is 9.78 Å². The maximum atomic E-state index is 11.6. The fourth-order valence-corrected chi connectivity index (χ4v) is 1.35. The Morgan fingerprint density at radius 2 is 2.38 bits per heavy atom. The van der Waals surface area contributed by atoms with Crippen LogP contribution < -0.4 is 0 Å². The van der Waals surface area contributed by atoms with E-state index in [0.717, 1.165) is 11.3 Å². The second-order valence-corrected chi connectivity index (χ2v) is 3.48. The van der Waals surface area contributed by atoms with Crippen LogP contribution in [0.15, 0.2) is 35.1 Å². The van der Waals surface area contributed by atoms with E-state index in [9.17, 15) is 4.79 Å². The first kappa shape index (κ1) is 10.4. The highest BCUT2D eigenvalue weighted by molar-refractivity contribution is 6.04. The maximum absolute atomic E-state index is 11.6. The molecule has 0 N–H and O–H groups in total. The summed E-state index contributed by atoms with van der Waals surface area (Å²) < 4.78 is 6.76. The molecule has 4 heteroatoms. The summed E-state index contributed by atoms with van der Waals surface area (Å²) in [4.78, 5) is 11.6. The molecule has 0 unspecified atom stereocenters. The summed E-state index contributed by atoms with van der Waals surface area (Å²) >= 11 is 0. The number of carbonyl (C=O) groups excluding carboxylic acids is 1. The molecular formula is C12H12N2O2. The zero-order valence-corrected chi connectivity index (χ0v) is 9.18. The van der Waals surface area contributed by atoms with E-state index in [1.807, 2.05) is 14.0 Å². The van der Waals surface area contributed by atoms with Crippen molar-refractivity contribution in [3.05, 3.63) is 47.7 Å². The van der Waals surface area contributed by atoms with E-state index in [2.05, 4.69) is 5.10 Å². The van der Waals surface area contributed by atoms with Crippen molar-refractivity contribution in [2.24, 2.45) is 7.05 Å². The van der Waals surface area contributed by atoms with Crippen molar-refractivity contribution < 1.29 is 9.21 Å². The Hall–Kier alpha value is -2.10. The monoisotopic (exact) mass is 216 g/mol. The minimum atomic E-state index is -0.145. The molecule has 0 aliphatic rings. The molecule has 0 saturated carbocycles. The predicted octanol–water partition coefficient (Wildman–Crippen LogP) is 2.22. The molecule has 0 aliphatic carbocycles. The van der Waals surface area contributed by atoms with Gasteiger partial charge in [-0.3, -0.25) is 9.48 Å². The third kappa shape index (κ3) is 1.95. The molecule has 0 atom stereocenters. The Bertz CT molecular complexity index is 521. The Balaban J connectivity index is 2.16. The molecule has 0 amide bonds. The van der Waals surface area contributed by atoms with Crippen LogP contribution in [0.2, 0.25) is 0 Å². The summed E-state index contributed by atoms with van der Waals surface area (Å²) in [6.07, 6.45) is 6.44. The zero-order valence-electron chi connectivity index (χ0n) is 9.18. The number of nitrogens with zero attached hydrogens (tertiary/aromatic N) is 2. The third-order valence-electron chi connectivity index (χ3n) is 2.45. The summed E-state index contributed by atoms with van der Waals surface area (Å²) in [6, 6.07) is 3.33. The average Bonchev–Trinajstić information content (AvgIpc) is 2.89.